The number of aromatic nitrogens is 1. The fraction of sp³-hybridized carbons (Fsp3) is 0.500. The second kappa shape index (κ2) is 5.17. The van der Waals surface area contributed by atoms with E-state index in [1.165, 1.54) is 30.4 Å². The van der Waals surface area contributed by atoms with Crippen molar-refractivity contribution in [2.75, 3.05) is 5.32 Å². The molecule has 0 atom stereocenters. The fourth-order valence-electron chi connectivity index (χ4n) is 2.54. The maximum absolute atomic E-state index is 4.65. The predicted molar refractivity (Wildman–Crippen MR) is 82.4 cm³/mol. The molecule has 0 unspecified atom stereocenters. The number of thiazole rings is 1. The van der Waals surface area contributed by atoms with Crippen LogP contribution in [0.15, 0.2) is 22.7 Å². The number of halogens is 1. The van der Waals surface area contributed by atoms with E-state index in [0.29, 0.717) is 6.04 Å². The third-order valence-electron chi connectivity index (χ3n) is 3.69. The van der Waals surface area contributed by atoms with E-state index < -0.39 is 0 Å². The molecule has 1 aliphatic carbocycles. The van der Waals surface area contributed by atoms with Gasteiger partial charge in [-0.05, 0) is 49.8 Å². The van der Waals surface area contributed by atoms with Gasteiger partial charge in [0.25, 0.3) is 0 Å². The van der Waals surface area contributed by atoms with Crippen LogP contribution in [0.3, 0.4) is 0 Å². The molecule has 96 valence electrons. The highest BCUT2D eigenvalue weighted by molar-refractivity contribution is 9.10. The molecule has 0 saturated heterocycles. The Morgan fingerprint density at radius 2 is 2.06 bits per heavy atom. The van der Waals surface area contributed by atoms with E-state index in [0.717, 1.165) is 21.0 Å². The number of rotatable bonds is 2. The molecule has 0 aliphatic heterocycles. The fourth-order valence-corrected chi connectivity index (χ4v) is 4.03. The van der Waals surface area contributed by atoms with Gasteiger partial charge in [-0.2, -0.15) is 0 Å². The molecule has 2 aromatic rings. The van der Waals surface area contributed by atoms with E-state index in [1.807, 2.05) is 6.07 Å². The van der Waals surface area contributed by atoms with E-state index in [-0.39, 0.29) is 0 Å². The van der Waals surface area contributed by atoms with Gasteiger partial charge < -0.3 is 5.32 Å². The van der Waals surface area contributed by atoms with Crippen molar-refractivity contribution in [2.24, 2.45) is 5.92 Å². The zero-order valence-electron chi connectivity index (χ0n) is 10.4. The van der Waals surface area contributed by atoms with Crippen molar-refractivity contribution >= 4 is 42.6 Å². The Kier molecular flexibility index (Phi) is 3.57. The van der Waals surface area contributed by atoms with Gasteiger partial charge in [-0.3, -0.25) is 0 Å². The summed E-state index contributed by atoms with van der Waals surface area (Å²) in [6, 6.07) is 6.88. The molecule has 3 rings (SSSR count). The minimum Gasteiger partial charge on any atom is -0.359 e. The average Bonchev–Trinajstić information content (AvgIpc) is 2.73. The highest BCUT2D eigenvalue weighted by Gasteiger charge is 2.18. The van der Waals surface area contributed by atoms with Crippen LogP contribution in [-0.2, 0) is 0 Å². The Labute approximate surface area is 120 Å². The lowest BCUT2D eigenvalue weighted by molar-refractivity contribution is 0.361. The van der Waals surface area contributed by atoms with Crippen LogP contribution in [0.5, 0.6) is 0 Å². The molecule has 4 heteroatoms. The molecule has 0 amide bonds. The minimum atomic E-state index is 0.616. The predicted octanol–water partition coefficient (Wildman–Crippen LogP) is 5.05. The van der Waals surface area contributed by atoms with Crippen LogP contribution >= 0.6 is 27.3 Å². The van der Waals surface area contributed by atoms with E-state index >= 15 is 0 Å². The van der Waals surface area contributed by atoms with Crippen molar-refractivity contribution < 1.29 is 0 Å². The first-order valence-electron chi connectivity index (χ1n) is 6.53. The van der Waals surface area contributed by atoms with E-state index in [2.05, 4.69) is 45.3 Å². The molecule has 0 bridgehead atoms. The lowest BCUT2D eigenvalue weighted by atomic mass is 9.87. The highest BCUT2D eigenvalue weighted by Crippen LogP contribution is 2.31. The Morgan fingerprint density at radius 1 is 1.28 bits per heavy atom. The largest absolute Gasteiger partial charge is 0.359 e. The first-order chi connectivity index (χ1) is 8.70. The molecule has 2 nitrogen and oxygen atoms in total. The molecule has 1 aromatic heterocycles. The number of nitrogens with zero attached hydrogens (tertiary/aromatic N) is 1. The van der Waals surface area contributed by atoms with Crippen molar-refractivity contribution in [1.82, 2.24) is 4.98 Å². The topological polar surface area (TPSA) is 24.9 Å². The summed E-state index contributed by atoms with van der Waals surface area (Å²) in [5, 5.41) is 4.67. The first-order valence-corrected chi connectivity index (χ1v) is 8.14. The number of benzene rings is 1. The third-order valence-corrected chi connectivity index (χ3v) is 5.14. The van der Waals surface area contributed by atoms with Crippen LogP contribution < -0.4 is 5.32 Å². The van der Waals surface area contributed by atoms with Gasteiger partial charge in [-0.25, -0.2) is 4.98 Å². The summed E-state index contributed by atoms with van der Waals surface area (Å²) in [7, 11) is 0. The maximum atomic E-state index is 4.65. The first kappa shape index (κ1) is 12.4. The number of nitrogens with one attached hydrogen (secondary N) is 1. The van der Waals surface area contributed by atoms with Crippen LogP contribution in [0, 0.1) is 5.92 Å². The van der Waals surface area contributed by atoms with Gasteiger partial charge >= 0.3 is 0 Å². The van der Waals surface area contributed by atoms with Crippen LogP contribution in [0.25, 0.3) is 10.2 Å². The lowest BCUT2D eigenvalue weighted by Crippen LogP contribution is -2.24. The van der Waals surface area contributed by atoms with Gasteiger partial charge in [-0.1, -0.05) is 34.2 Å². The van der Waals surface area contributed by atoms with Crippen LogP contribution in [0.4, 0.5) is 5.13 Å². The van der Waals surface area contributed by atoms with Gasteiger partial charge in [0.05, 0.1) is 10.2 Å². The van der Waals surface area contributed by atoms with Crippen LogP contribution in [-0.4, -0.2) is 11.0 Å². The van der Waals surface area contributed by atoms with Gasteiger partial charge in [0, 0.05) is 10.5 Å². The lowest BCUT2D eigenvalue weighted by Gasteiger charge is -2.26. The highest BCUT2D eigenvalue weighted by atomic mass is 79.9. The Bertz CT molecular complexity index is 544. The Morgan fingerprint density at radius 3 is 2.83 bits per heavy atom. The average molecular weight is 325 g/mol. The molecule has 1 heterocycles. The van der Waals surface area contributed by atoms with Crippen LogP contribution in [0.2, 0.25) is 0 Å². The minimum absolute atomic E-state index is 0.616. The molecule has 1 saturated carbocycles. The quantitative estimate of drug-likeness (QED) is 0.836. The Hall–Kier alpha value is -0.610. The van der Waals surface area contributed by atoms with Gasteiger partial charge in [0.2, 0.25) is 0 Å². The summed E-state index contributed by atoms with van der Waals surface area (Å²) in [5.41, 5.74) is 1.09. The summed E-state index contributed by atoms with van der Waals surface area (Å²) >= 11 is 5.26. The van der Waals surface area contributed by atoms with E-state index in [4.69, 9.17) is 0 Å². The van der Waals surface area contributed by atoms with Gasteiger partial charge in [0.1, 0.15) is 0 Å². The monoisotopic (exact) mass is 324 g/mol. The SMILES string of the molecule is CC1CCC(Nc2nc3ccc(Br)cc3s2)CC1. The second-order valence-electron chi connectivity index (χ2n) is 5.23. The summed E-state index contributed by atoms with van der Waals surface area (Å²) < 4.78 is 2.37. The summed E-state index contributed by atoms with van der Waals surface area (Å²) in [6.45, 7) is 2.35. The van der Waals surface area contributed by atoms with E-state index in [1.54, 1.807) is 11.3 Å². The number of anilines is 1. The van der Waals surface area contributed by atoms with Crippen molar-refractivity contribution in [3.8, 4) is 0 Å². The number of fused-ring (bicyclic) bond motifs is 1. The molecular weight excluding hydrogens is 308 g/mol. The van der Waals surface area contributed by atoms with Crippen molar-refractivity contribution in [3.05, 3.63) is 22.7 Å². The van der Waals surface area contributed by atoms with Crippen molar-refractivity contribution in [1.29, 1.82) is 0 Å². The molecule has 18 heavy (non-hydrogen) atoms. The number of hydrogen-bond donors (Lipinski definition) is 1. The Balaban J connectivity index is 1.74. The summed E-state index contributed by atoms with van der Waals surface area (Å²) in [4.78, 5) is 4.65. The molecule has 1 aliphatic rings. The normalized spacial score (nSPS) is 24.3. The van der Waals surface area contributed by atoms with Gasteiger partial charge in [-0.15, -0.1) is 0 Å². The van der Waals surface area contributed by atoms with Gasteiger partial charge in [0.15, 0.2) is 5.13 Å². The zero-order chi connectivity index (χ0) is 12.5. The van der Waals surface area contributed by atoms with Crippen molar-refractivity contribution in [3.63, 3.8) is 0 Å². The summed E-state index contributed by atoms with van der Waals surface area (Å²) in [5.74, 6) is 0.898. The molecule has 1 fully saturated rings. The smallest absolute Gasteiger partial charge is 0.184 e. The standard InChI is InChI=1S/C14H17BrN2S/c1-9-2-5-11(6-3-9)16-14-17-12-7-4-10(15)8-13(12)18-14/h4,7-9,11H,2-3,5-6H2,1H3,(H,16,17). The second-order valence-corrected chi connectivity index (χ2v) is 7.18. The van der Waals surface area contributed by atoms with Crippen molar-refractivity contribution in [2.45, 2.75) is 38.6 Å². The van der Waals surface area contributed by atoms with Crippen LogP contribution in [0.1, 0.15) is 32.6 Å². The molecule has 1 aromatic carbocycles. The zero-order valence-corrected chi connectivity index (χ0v) is 12.9. The molecule has 0 spiro atoms. The molecule has 1 N–H and O–H groups in total. The number of hydrogen-bond acceptors (Lipinski definition) is 3. The molecule has 0 radical (unpaired) electrons. The summed E-state index contributed by atoms with van der Waals surface area (Å²) in [6.07, 6.45) is 5.24. The molecular formula is C14H17BrN2S. The third kappa shape index (κ3) is 2.69. The maximum Gasteiger partial charge on any atom is 0.184 e. The van der Waals surface area contributed by atoms with E-state index in [9.17, 15) is 0 Å².